The number of pyridine rings is 1. The van der Waals surface area contributed by atoms with Gasteiger partial charge in [-0.2, -0.15) is 5.10 Å². The second-order valence-corrected chi connectivity index (χ2v) is 12.5. The lowest BCUT2D eigenvalue weighted by atomic mass is 9.93. The molecule has 12 heteroatoms. The van der Waals surface area contributed by atoms with E-state index in [1.165, 1.54) is 12.1 Å². The molecule has 0 bridgehead atoms. The Morgan fingerprint density at radius 1 is 1.09 bits per heavy atom. The van der Waals surface area contributed by atoms with Gasteiger partial charge in [0.05, 0.1) is 34.2 Å². The number of halogens is 3. The molecule has 1 saturated heterocycles. The number of nitrogens with one attached hydrogen (secondary N) is 1. The van der Waals surface area contributed by atoms with Crippen LogP contribution < -0.4 is 11.1 Å². The molecule has 1 aliphatic rings. The molecule has 1 atom stereocenters. The average molecular weight is 650 g/mol. The SMILES string of the molecule is CCN1CCN(CC(=O)N[C@@H](Cc2cc(F)cc(F)c2)c2nc(C#CC(C)(C)O)ccc2-c2ccc(Cl)c3c(N)nn(C)c23)CC1. The minimum atomic E-state index is -1.27. The molecule has 1 fully saturated rings. The Labute approximate surface area is 272 Å². The van der Waals surface area contributed by atoms with E-state index in [1.54, 1.807) is 37.7 Å². The van der Waals surface area contributed by atoms with Crippen molar-refractivity contribution < 1.29 is 18.7 Å². The van der Waals surface area contributed by atoms with Crippen LogP contribution in [0, 0.1) is 23.5 Å². The Balaban J connectivity index is 1.63. The number of aliphatic hydroxyl groups is 1. The van der Waals surface area contributed by atoms with Gasteiger partial charge in [0.1, 0.15) is 22.9 Å². The number of benzene rings is 2. The number of amides is 1. The largest absolute Gasteiger partial charge is 0.382 e. The van der Waals surface area contributed by atoms with Gasteiger partial charge in [-0.05, 0) is 68.6 Å². The molecular weight excluding hydrogens is 612 g/mol. The minimum Gasteiger partial charge on any atom is -0.382 e. The summed E-state index contributed by atoms with van der Waals surface area (Å²) in [5.41, 5.74) is 8.01. The number of carbonyl (C=O) groups excluding carboxylic acids is 1. The van der Waals surface area contributed by atoms with Gasteiger partial charge in [0.2, 0.25) is 5.91 Å². The average Bonchev–Trinajstić information content (AvgIpc) is 3.29. The van der Waals surface area contributed by atoms with Crippen LogP contribution in [0.5, 0.6) is 0 Å². The smallest absolute Gasteiger partial charge is 0.234 e. The van der Waals surface area contributed by atoms with E-state index in [9.17, 15) is 18.7 Å². The maximum atomic E-state index is 14.4. The number of aromatic nitrogens is 3. The second-order valence-electron chi connectivity index (χ2n) is 12.1. The first kappa shape index (κ1) is 33.3. The molecule has 2 aromatic carbocycles. The first-order valence-electron chi connectivity index (χ1n) is 15.2. The molecule has 4 N–H and O–H groups in total. The van der Waals surface area contributed by atoms with E-state index in [4.69, 9.17) is 22.3 Å². The van der Waals surface area contributed by atoms with Crippen molar-refractivity contribution in [3.05, 3.63) is 76.1 Å². The van der Waals surface area contributed by atoms with Crippen molar-refractivity contribution in [2.45, 2.75) is 38.8 Å². The fraction of sp³-hybridized carbons (Fsp3) is 0.382. The van der Waals surface area contributed by atoms with Gasteiger partial charge in [-0.25, -0.2) is 13.8 Å². The molecule has 0 aliphatic carbocycles. The van der Waals surface area contributed by atoms with Crippen LogP contribution in [0.4, 0.5) is 14.6 Å². The van der Waals surface area contributed by atoms with Crippen molar-refractivity contribution in [3.8, 4) is 23.0 Å². The fourth-order valence-electron chi connectivity index (χ4n) is 5.77. The Kier molecular flexibility index (Phi) is 9.93. The highest BCUT2D eigenvalue weighted by Gasteiger charge is 2.26. The molecule has 1 aliphatic heterocycles. The van der Waals surface area contributed by atoms with Crippen LogP contribution >= 0.6 is 11.6 Å². The lowest BCUT2D eigenvalue weighted by Gasteiger charge is -2.34. The summed E-state index contributed by atoms with van der Waals surface area (Å²) < 4.78 is 30.4. The first-order chi connectivity index (χ1) is 21.8. The van der Waals surface area contributed by atoms with Crippen LogP contribution in [-0.4, -0.2) is 80.4 Å². The molecular formula is C34H38ClF2N7O2. The highest BCUT2D eigenvalue weighted by atomic mass is 35.5. The molecule has 3 heterocycles. The summed E-state index contributed by atoms with van der Waals surface area (Å²) in [5, 5.41) is 18.7. The number of piperazine rings is 1. The van der Waals surface area contributed by atoms with Gasteiger partial charge in [-0.3, -0.25) is 14.4 Å². The molecule has 0 unspecified atom stereocenters. The number of carbonyl (C=O) groups is 1. The summed E-state index contributed by atoms with van der Waals surface area (Å²) in [6.07, 6.45) is 0.0384. The standard InChI is InChI=1S/C34H38ClF2N7O2/c1-5-43-12-14-44(15-13-43)20-29(45)40-28(18-21-16-22(36)19-23(37)17-21)31-25(7-6-24(39-31)10-11-34(2,3)46)26-8-9-27(35)30-32(26)42(4)41-33(30)38/h6-9,16-17,19,28,46H,5,12-15,18,20H2,1-4H3,(H2,38,41)(H,40,45)/t28-/m0/s1. The zero-order chi connectivity index (χ0) is 33.2. The number of nitrogens with zero attached hydrogens (tertiary/aromatic N) is 5. The molecule has 242 valence electrons. The van der Waals surface area contributed by atoms with Crippen LogP contribution in [-0.2, 0) is 18.3 Å². The van der Waals surface area contributed by atoms with Gasteiger partial charge in [0.15, 0.2) is 5.82 Å². The van der Waals surface area contributed by atoms with Gasteiger partial charge in [-0.15, -0.1) is 0 Å². The molecule has 9 nitrogen and oxygen atoms in total. The van der Waals surface area contributed by atoms with Gasteiger partial charge in [-0.1, -0.05) is 30.5 Å². The molecule has 2 aromatic heterocycles. The number of hydrogen-bond donors (Lipinski definition) is 3. The van der Waals surface area contributed by atoms with E-state index in [2.05, 4.69) is 39.0 Å². The van der Waals surface area contributed by atoms with E-state index in [1.807, 2.05) is 12.1 Å². The summed E-state index contributed by atoms with van der Waals surface area (Å²) in [6, 6.07) is 9.54. The number of nitrogen functional groups attached to an aromatic ring is 1. The third-order valence-electron chi connectivity index (χ3n) is 7.98. The number of aryl methyl sites for hydroxylation is 1. The van der Waals surface area contributed by atoms with E-state index >= 15 is 0 Å². The van der Waals surface area contributed by atoms with Crippen molar-refractivity contribution >= 4 is 34.2 Å². The third kappa shape index (κ3) is 7.82. The quantitative estimate of drug-likeness (QED) is 0.244. The predicted molar refractivity (Wildman–Crippen MR) is 176 cm³/mol. The van der Waals surface area contributed by atoms with Gasteiger partial charge in [0, 0.05) is 50.4 Å². The molecule has 5 rings (SSSR count). The van der Waals surface area contributed by atoms with Crippen LogP contribution in [0.25, 0.3) is 22.0 Å². The van der Waals surface area contributed by atoms with Crippen molar-refractivity contribution in [1.29, 1.82) is 0 Å². The summed E-state index contributed by atoms with van der Waals surface area (Å²) in [5.74, 6) is 4.25. The number of nitrogens with two attached hydrogens (primary N) is 1. The first-order valence-corrected chi connectivity index (χ1v) is 15.6. The Morgan fingerprint density at radius 2 is 1.74 bits per heavy atom. The summed E-state index contributed by atoms with van der Waals surface area (Å²) in [4.78, 5) is 22.9. The number of likely N-dealkylation sites (N-methyl/N-ethyl adjacent to an activating group) is 1. The summed E-state index contributed by atoms with van der Waals surface area (Å²) >= 11 is 6.54. The number of fused-ring (bicyclic) bond motifs is 1. The second kappa shape index (κ2) is 13.7. The Morgan fingerprint density at radius 3 is 2.39 bits per heavy atom. The zero-order valence-corrected chi connectivity index (χ0v) is 27.1. The van der Waals surface area contributed by atoms with Crippen LogP contribution in [0.1, 0.15) is 43.8 Å². The van der Waals surface area contributed by atoms with Crippen LogP contribution in [0.3, 0.4) is 0 Å². The molecule has 4 aromatic rings. The van der Waals surface area contributed by atoms with Crippen LogP contribution in [0.2, 0.25) is 5.02 Å². The number of rotatable bonds is 8. The zero-order valence-electron chi connectivity index (χ0n) is 26.4. The Hall–Kier alpha value is -4.08. The predicted octanol–water partition coefficient (Wildman–Crippen LogP) is 4.31. The normalized spacial score (nSPS) is 15.0. The van der Waals surface area contributed by atoms with Gasteiger partial charge >= 0.3 is 0 Å². The summed E-state index contributed by atoms with van der Waals surface area (Å²) in [6.45, 7) is 9.57. The lowest BCUT2D eigenvalue weighted by molar-refractivity contribution is -0.123. The van der Waals surface area contributed by atoms with Crippen molar-refractivity contribution in [2.75, 3.05) is 45.0 Å². The number of anilines is 1. The van der Waals surface area contributed by atoms with Crippen molar-refractivity contribution in [1.82, 2.24) is 29.9 Å². The molecule has 0 radical (unpaired) electrons. The maximum Gasteiger partial charge on any atom is 0.234 e. The highest BCUT2D eigenvalue weighted by molar-refractivity contribution is 6.37. The molecule has 0 saturated carbocycles. The Bertz CT molecular complexity index is 1800. The third-order valence-corrected chi connectivity index (χ3v) is 8.30. The molecule has 1 amide bonds. The minimum absolute atomic E-state index is 0.0384. The topological polar surface area (TPSA) is 113 Å². The van der Waals surface area contributed by atoms with Crippen LogP contribution in [0.15, 0.2) is 42.5 Å². The van der Waals surface area contributed by atoms with Crippen molar-refractivity contribution in [2.24, 2.45) is 7.05 Å². The maximum absolute atomic E-state index is 14.4. The highest BCUT2D eigenvalue weighted by Crippen LogP contribution is 2.38. The van der Waals surface area contributed by atoms with Crippen molar-refractivity contribution in [3.63, 3.8) is 0 Å². The molecule has 0 spiro atoms. The van der Waals surface area contributed by atoms with E-state index < -0.39 is 23.3 Å². The summed E-state index contributed by atoms with van der Waals surface area (Å²) in [7, 11) is 1.75. The molecule has 46 heavy (non-hydrogen) atoms. The number of hydrogen-bond acceptors (Lipinski definition) is 7. The van der Waals surface area contributed by atoms with E-state index in [0.717, 1.165) is 38.8 Å². The van der Waals surface area contributed by atoms with E-state index in [-0.39, 0.29) is 24.7 Å². The van der Waals surface area contributed by atoms with E-state index in [0.29, 0.717) is 44.0 Å². The van der Waals surface area contributed by atoms with Gasteiger partial charge in [0.25, 0.3) is 0 Å². The van der Waals surface area contributed by atoms with Gasteiger partial charge < -0.3 is 21.1 Å². The fourth-order valence-corrected chi connectivity index (χ4v) is 6.02. The lowest BCUT2D eigenvalue weighted by Crippen LogP contribution is -2.49. The monoisotopic (exact) mass is 649 g/mol.